The second-order valence-electron chi connectivity index (χ2n) is 8.90. The van der Waals surface area contributed by atoms with Crippen LogP contribution in [0.4, 0.5) is 4.39 Å². The van der Waals surface area contributed by atoms with Crippen molar-refractivity contribution in [1.29, 1.82) is 0 Å². The summed E-state index contributed by atoms with van der Waals surface area (Å²) in [7, 11) is 1.24. The summed E-state index contributed by atoms with van der Waals surface area (Å²) in [5.74, 6) is -0.576. The van der Waals surface area contributed by atoms with Crippen molar-refractivity contribution in [3.63, 3.8) is 0 Å². The van der Waals surface area contributed by atoms with Crippen molar-refractivity contribution >= 4 is 28.0 Å². The number of carbonyl (C=O) groups excluding carboxylic acids is 1. The maximum atomic E-state index is 14.8. The quantitative estimate of drug-likeness (QED) is 0.219. The van der Waals surface area contributed by atoms with Gasteiger partial charge in [-0.2, -0.15) is 0 Å². The molecule has 1 aliphatic rings. The highest BCUT2D eigenvalue weighted by molar-refractivity contribution is 5.95. The van der Waals surface area contributed by atoms with E-state index in [1.165, 1.54) is 19.2 Å². The summed E-state index contributed by atoms with van der Waals surface area (Å²) in [6, 6.07) is 9.01. The molecular formula is C26H28FN5O2. The van der Waals surface area contributed by atoms with Crippen LogP contribution in [0.3, 0.4) is 0 Å². The molecule has 2 N–H and O–H groups in total. The molecule has 1 aromatic carbocycles. The van der Waals surface area contributed by atoms with Gasteiger partial charge in [0.15, 0.2) is 5.82 Å². The number of allylic oxidation sites excluding steroid dienone is 1. The number of ether oxygens (including phenoxy) is 1. The van der Waals surface area contributed by atoms with Crippen LogP contribution in [-0.2, 0) is 11.3 Å². The van der Waals surface area contributed by atoms with Gasteiger partial charge >= 0.3 is 5.97 Å². The van der Waals surface area contributed by atoms with E-state index in [1.54, 1.807) is 0 Å². The lowest BCUT2D eigenvalue weighted by atomic mass is 10.2. The first-order chi connectivity index (χ1) is 16.4. The zero-order chi connectivity index (χ0) is 24.0. The van der Waals surface area contributed by atoms with Gasteiger partial charge in [-0.25, -0.2) is 19.2 Å². The van der Waals surface area contributed by atoms with Gasteiger partial charge in [0.25, 0.3) is 0 Å². The van der Waals surface area contributed by atoms with E-state index in [4.69, 9.17) is 20.4 Å². The minimum absolute atomic E-state index is 0.114. The first kappa shape index (κ1) is 22.3. The van der Waals surface area contributed by atoms with Gasteiger partial charge in [0, 0.05) is 30.1 Å². The van der Waals surface area contributed by atoms with Gasteiger partial charge in [-0.15, -0.1) is 6.58 Å². The van der Waals surface area contributed by atoms with Gasteiger partial charge in [0.1, 0.15) is 11.5 Å². The molecule has 1 saturated carbocycles. The van der Waals surface area contributed by atoms with Gasteiger partial charge in [0.2, 0.25) is 0 Å². The van der Waals surface area contributed by atoms with E-state index < -0.39 is 11.8 Å². The second kappa shape index (κ2) is 8.68. The van der Waals surface area contributed by atoms with Crippen LogP contribution in [0.2, 0.25) is 0 Å². The van der Waals surface area contributed by atoms with Gasteiger partial charge < -0.3 is 19.6 Å². The molecule has 1 atom stereocenters. The third kappa shape index (κ3) is 3.77. The molecular weight excluding hydrogens is 433 g/mol. The third-order valence-electron chi connectivity index (χ3n) is 6.35. The molecule has 1 fully saturated rings. The van der Waals surface area contributed by atoms with Gasteiger partial charge in [-0.3, -0.25) is 0 Å². The third-order valence-corrected chi connectivity index (χ3v) is 6.35. The van der Waals surface area contributed by atoms with Crippen LogP contribution in [-0.4, -0.2) is 32.2 Å². The monoisotopic (exact) mass is 461 g/mol. The molecule has 5 rings (SSSR count). The summed E-state index contributed by atoms with van der Waals surface area (Å²) in [5.41, 5.74) is 9.82. The van der Waals surface area contributed by atoms with Crippen LogP contribution in [0.25, 0.3) is 33.6 Å². The number of aryl methyl sites for hydroxylation is 1. The summed E-state index contributed by atoms with van der Waals surface area (Å²) < 4.78 is 23.8. The standard InChI is InChI=1S/C26H28FN5O2/c1-4-5-6-11-31-23(12-16-7-10-20(15(2)28)29-24(16)31)25-30-21-13-18(26(33)34-3)19(27)14-22(21)32(25)17-8-9-17/h4,7,10,12-15,17H,1,5-6,8-9,11,28H2,2-3H3/t15-/m1/s1. The van der Waals surface area contributed by atoms with Crippen molar-refractivity contribution in [2.75, 3.05) is 7.11 Å². The number of hydrogen-bond acceptors (Lipinski definition) is 5. The van der Waals surface area contributed by atoms with Crippen LogP contribution in [0, 0.1) is 5.82 Å². The Hall–Kier alpha value is -3.52. The molecule has 3 heterocycles. The largest absolute Gasteiger partial charge is 0.465 e. The molecule has 34 heavy (non-hydrogen) atoms. The Morgan fingerprint density at radius 2 is 2.12 bits per heavy atom. The molecule has 0 spiro atoms. The summed E-state index contributed by atoms with van der Waals surface area (Å²) in [6.07, 6.45) is 5.68. The number of halogens is 1. The number of hydrogen-bond donors (Lipinski definition) is 1. The first-order valence-electron chi connectivity index (χ1n) is 11.6. The molecule has 1 aliphatic carbocycles. The zero-order valence-corrected chi connectivity index (χ0v) is 19.4. The van der Waals surface area contributed by atoms with Gasteiger partial charge in [-0.05, 0) is 56.9 Å². The predicted octanol–water partition coefficient (Wildman–Crippen LogP) is 5.30. The Morgan fingerprint density at radius 1 is 1.32 bits per heavy atom. The van der Waals surface area contributed by atoms with Crippen LogP contribution < -0.4 is 5.73 Å². The number of carbonyl (C=O) groups is 1. The predicted molar refractivity (Wildman–Crippen MR) is 130 cm³/mol. The Kier molecular flexibility index (Phi) is 5.69. The smallest absolute Gasteiger partial charge is 0.340 e. The number of imidazole rings is 1. The lowest BCUT2D eigenvalue weighted by Gasteiger charge is -2.13. The molecule has 3 aromatic heterocycles. The highest BCUT2D eigenvalue weighted by Crippen LogP contribution is 2.42. The number of methoxy groups -OCH3 is 1. The summed E-state index contributed by atoms with van der Waals surface area (Å²) in [5, 5.41) is 0.994. The topological polar surface area (TPSA) is 88.0 Å². The molecule has 176 valence electrons. The van der Waals surface area contributed by atoms with E-state index in [0.29, 0.717) is 11.0 Å². The molecule has 4 aromatic rings. The first-order valence-corrected chi connectivity index (χ1v) is 11.6. The number of unbranched alkanes of at least 4 members (excludes halogenated alkanes) is 1. The molecule has 7 nitrogen and oxygen atoms in total. The van der Waals surface area contributed by atoms with Crippen LogP contribution in [0.1, 0.15) is 60.7 Å². The SMILES string of the molecule is C=CCCCn1c(-c2nc3cc(C(=O)OC)c(F)cc3n2C2CC2)cc2ccc([C@@H](C)N)nc21. The maximum Gasteiger partial charge on any atom is 0.340 e. The minimum Gasteiger partial charge on any atom is -0.465 e. The number of fused-ring (bicyclic) bond motifs is 2. The van der Waals surface area contributed by atoms with E-state index in [2.05, 4.69) is 21.8 Å². The van der Waals surface area contributed by atoms with Crippen molar-refractivity contribution in [2.45, 2.75) is 51.2 Å². The average Bonchev–Trinajstić information content (AvgIpc) is 3.51. The zero-order valence-electron chi connectivity index (χ0n) is 19.4. The van der Waals surface area contributed by atoms with Gasteiger partial charge in [-0.1, -0.05) is 6.08 Å². The van der Waals surface area contributed by atoms with Gasteiger partial charge in [0.05, 0.1) is 35.1 Å². The van der Waals surface area contributed by atoms with Crippen molar-refractivity contribution < 1.29 is 13.9 Å². The Bertz CT molecular complexity index is 1410. The van der Waals surface area contributed by atoms with Crippen molar-refractivity contribution in [3.8, 4) is 11.5 Å². The van der Waals surface area contributed by atoms with Crippen LogP contribution in [0.5, 0.6) is 0 Å². The Labute approximate surface area is 197 Å². The number of pyridine rings is 1. The summed E-state index contributed by atoms with van der Waals surface area (Å²) in [4.78, 5) is 21.8. The highest BCUT2D eigenvalue weighted by atomic mass is 19.1. The maximum absolute atomic E-state index is 14.8. The highest BCUT2D eigenvalue weighted by Gasteiger charge is 2.31. The Morgan fingerprint density at radius 3 is 2.79 bits per heavy atom. The normalized spacial score (nSPS) is 14.6. The van der Waals surface area contributed by atoms with E-state index >= 15 is 0 Å². The van der Waals surface area contributed by atoms with E-state index in [0.717, 1.165) is 60.5 Å². The number of esters is 1. The van der Waals surface area contributed by atoms with Crippen LogP contribution in [0.15, 0.2) is 43.0 Å². The fourth-order valence-corrected chi connectivity index (χ4v) is 4.47. The van der Waals surface area contributed by atoms with Crippen molar-refractivity contribution in [3.05, 3.63) is 60.1 Å². The number of benzene rings is 1. The number of nitrogens with two attached hydrogens (primary N) is 1. The van der Waals surface area contributed by atoms with Crippen molar-refractivity contribution in [1.82, 2.24) is 19.1 Å². The lowest BCUT2D eigenvalue weighted by molar-refractivity contribution is 0.0595. The number of rotatable bonds is 8. The van der Waals surface area contributed by atoms with E-state index in [-0.39, 0.29) is 17.6 Å². The second-order valence-corrected chi connectivity index (χ2v) is 8.90. The molecule has 0 bridgehead atoms. The fourth-order valence-electron chi connectivity index (χ4n) is 4.47. The van der Waals surface area contributed by atoms with E-state index in [1.807, 2.05) is 25.1 Å². The molecule has 0 amide bonds. The number of aromatic nitrogens is 4. The molecule has 0 saturated heterocycles. The van der Waals surface area contributed by atoms with Crippen LogP contribution >= 0.6 is 0 Å². The molecule has 0 aliphatic heterocycles. The molecule has 8 heteroatoms. The summed E-state index contributed by atoms with van der Waals surface area (Å²) in [6.45, 7) is 6.49. The average molecular weight is 462 g/mol. The van der Waals surface area contributed by atoms with Crippen molar-refractivity contribution in [2.24, 2.45) is 5.73 Å². The Balaban J connectivity index is 1.75. The van der Waals surface area contributed by atoms with E-state index in [9.17, 15) is 9.18 Å². The fraction of sp³-hybridized carbons (Fsp3) is 0.346. The lowest BCUT2D eigenvalue weighted by Crippen LogP contribution is -2.09. The summed E-state index contributed by atoms with van der Waals surface area (Å²) >= 11 is 0. The minimum atomic E-state index is -0.715. The molecule has 0 unspecified atom stereocenters. The molecule has 0 radical (unpaired) electrons. The number of nitrogens with zero attached hydrogens (tertiary/aromatic N) is 4.